The van der Waals surface area contributed by atoms with Crippen LogP contribution in [0.1, 0.15) is 20.3 Å². The molecule has 176 valence electrons. The minimum atomic E-state index is -3.97. The van der Waals surface area contributed by atoms with E-state index in [1.54, 1.807) is 24.3 Å². The van der Waals surface area contributed by atoms with E-state index in [0.717, 1.165) is 15.4 Å². The molecular formula is C24H23BrN4O3S2. The van der Waals surface area contributed by atoms with Crippen LogP contribution in [0.3, 0.4) is 0 Å². The number of aromatic nitrogens is 2. The predicted octanol–water partition coefficient (Wildman–Crippen LogP) is 5.45. The molecule has 1 heterocycles. The SMILES string of the molecule is CC[C@@H](C)[C@@H](NS(=O)(=O)c1cccc2ccccc12)C(=O)Nc1nnc(-c2ccc(Br)cc2)s1. The number of amides is 1. The summed E-state index contributed by atoms with van der Waals surface area (Å²) in [5, 5.41) is 13.3. The standard InChI is InChI=1S/C24H23BrN4O3S2/c1-3-15(2)21(29-34(31,32)20-10-6-8-16-7-4-5-9-19(16)20)22(30)26-24-28-27-23(33-24)17-11-13-18(25)14-12-17/h4-15,21,29H,3H2,1-2H3,(H,26,28,30)/t15-,21-/m1/s1. The molecule has 1 aromatic heterocycles. The molecule has 2 N–H and O–H groups in total. The lowest BCUT2D eigenvalue weighted by Crippen LogP contribution is -2.47. The zero-order chi connectivity index (χ0) is 24.3. The Balaban J connectivity index is 1.57. The van der Waals surface area contributed by atoms with Crippen molar-refractivity contribution in [1.82, 2.24) is 14.9 Å². The average Bonchev–Trinajstić information content (AvgIpc) is 3.30. The third-order valence-corrected chi connectivity index (χ3v) is 8.48. The molecule has 0 radical (unpaired) electrons. The van der Waals surface area contributed by atoms with Gasteiger partial charge in [-0.05, 0) is 29.5 Å². The number of benzene rings is 3. The molecule has 2 atom stereocenters. The fourth-order valence-electron chi connectivity index (χ4n) is 3.49. The molecule has 4 aromatic rings. The molecule has 7 nitrogen and oxygen atoms in total. The normalized spacial score (nSPS) is 13.5. The van der Waals surface area contributed by atoms with Gasteiger partial charge in [-0.15, -0.1) is 10.2 Å². The van der Waals surface area contributed by atoms with Crippen molar-refractivity contribution in [3.8, 4) is 10.6 Å². The van der Waals surface area contributed by atoms with Crippen molar-refractivity contribution in [2.45, 2.75) is 31.2 Å². The van der Waals surface area contributed by atoms with Gasteiger partial charge in [0.15, 0.2) is 0 Å². The Morgan fingerprint density at radius 1 is 1.03 bits per heavy atom. The number of nitrogens with one attached hydrogen (secondary N) is 2. The fourth-order valence-corrected chi connectivity index (χ4v) is 6.04. The number of anilines is 1. The van der Waals surface area contributed by atoms with E-state index in [1.807, 2.05) is 56.3 Å². The number of halogens is 1. The zero-order valence-electron chi connectivity index (χ0n) is 18.5. The molecule has 3 aromatic carbocycles. The molecule has 0 unspecified atom stereocenters. The second-order valence-electron chi connectivity index (χ2n) is 7.87. The van der Waals surface area contributed by atoms with Crippen molar-refractivity contribution < 1.29 is 13.2 Å². The Bertz CT molecular complexity index is 1420. The quantitative estimate of drug-likeness (QED) is 0.299. The smallest absolute Gasteiger partial charge is 0.244 e. The van der Waals surface area contributed by atoms with Crippen LogP contribution in [0.4, 0.5) is 5.13 Å². The van der Waals surface area contributed by atoms with Gasteiger partial charge in [-0.2, -0.15) is 4.72 Å². The van der Waals surface area contributed by atoms with E-state index >= 15 is 0 Å². The molecule has 1 amide bonds. The van der Waals surface area contributed by atoms with Gasteiger partial charge in [0.2, 0.25) is 21.1 Å². The summed E-state index contributed by atoms with van der Waals surface area (Å²) in [6, 6.07) is 19.0. The van der Waals surface area contributed by atoms with Crippen LogP contribution in [-0.4, -0.2) is 30.6 Å². The van der Waals surface area contributed by atoms with Crippen LogP contribution in [-0.2, 0) is 14.8 Å². The Morgan fingerprint density at radius 2 is 1.74 bits per heavy atom. The highest BCUT2D eigenvalue weighted by Gasteiger charge is 2.31. The first kappa shape index (κ1) is 24.5. The maximum absolute atomic E-state index is 13.3. The van der Waals surface area contributed by atoms with Crippen LogP contribution in [0.5, 0.6) is 0 Å². The molecule has 10 heteroatoms. The van der Waals surface area contributed by atoms with Gasteiger partial charge < -0.3 is 0 Å². The molecule has 0 spiro atoms. The first-order valence-corrected chi connectivity index (χ1v) is 13.8. The number of fused-ring (bicyclic) bond motifs is 1. The summed E-state index contributed by atoms with van der Waals surface area (Å²) >= 11 is 4.63. The van der Waals surface area contributed by atoms with Crippen molar-refractivity contribution >= 4 is 59.1 Å². The lowest BCUT2D eigenvalue weighted by atomic mass is 9.99. The van der Waals surface area contributed by atoms with Gasteiger partial charge in [0, 0.05) is 15.4 Å². The third-order valence-electron chi connectivity index (χ3n) is 5.56. The second kappa shape index (κ2) is 10.3. The predicted molar refractivity (Wildman–Crippen MR) is 139 cm³/mol. The van der Waals surface area contributed by atoms with Gasteiger partial charge in [0.1, 0.15) is 11.0 Å². The summed E-state index contributed by atoms with van der Waals surface area (Å²) in [6.45, 7) is 3.75. The van der Waals surface area contributed by atoms with E-state index in [4.69, 9.17) is 0 Å². The summed E-state index contributed by atoms with van der Waals surface area (Å²) in [7, 11) is -3.97. The zero-order valence-corrected chi connectivity index (χ0v) is 21.7. The molecule has 34 heavy (non-hydrogen) atoms. The first-order valence-electron chi connectivity index (χ1n) is 10.7. The molecular weight excluding hydrogens is 536 g/mol. The van der Waals surface area contributed by atoms with E-state index in [0.29, 0.717) is 21.9 Å². The lowest BCUT2D eigenvalue weighted by molar-refractivity contribution is -0.118. The second-order valence-corrected chi connectivity index (χ2v) is 11.4. The van der Waals surface area contributed by atoms with Crippen LogP contribution in [0, 0.1) is 5.92 Å². The van der Waals surface area contributed by atoms with E-state index in [1.165, 1.54) is 11.3 Å². The molecule has 0 aliphatic carbocycles. The number of hydrogen-bond donors (Lipinski definition) is 2. The van der Waals surface area contributed by atoms with E-state index in [2.05, 4.69) is 36.2 Å². The highest BCUT2D eigenvalue weighted by molar-refractivity contribution is 9.10. The van der Waals surface area contributed by atoms with Crippen molar-refractivity contribution in [3.05, 3.63) is 71.2 Å². The maximum atomic E-state index is 13.3. The Morgan fingerprint density at radius 3 is 2.47 bits per heavy atom. The minimum Gasteiger partial charge on any atom is -0.299 e. The van der Waals surface area contributed by atoms with Crippen LogP contribution in [0.2, 0.25) is 0 Å². The first-order chi connectivity index (χ1) is 16.3. The number of carbonyl (C=O) groups is 1. The number of nitrogens with zero attached hydrogens (tertiary/aromatic N) is 2. The topological polar surface area (TPSA) is 101 Å². The Labute approximate surface area is 210 Å². The van der Waals surface area contributed by atoms with Crippen LogP contribution >= 0.6 is 27.3 Å². The molecule has 0 saturated carbocycles. The van der Waals surface area contributed by atoms with Crippen molar-refractivity contribution in [2.24, 2.45) is 5.92 Å². The largest absolute Gasteiger partial charge is 0.299 e. The van der Waals surface area contributed by atoms with Gasteiger partial charge in [-0.1, -0.05) is 96.1 Å². The minimum absolute atomic E-state index is 0.139. The number of carbonyl (C=O) groups excluding carboxylic acids is 1. The van der Waals surface area contributed by atoms with Crippen molar-refractivity contribution in [3.63, 3.8) is 0 Å². The monoisotopic (exact) mass is 558 g/mol. The molecule has 0 bridgehead atoms. The van der Waals surface area contributed by atoms with Crippen molar-refractivity contribution in [2.75, 3.05) is 5.32 Å². The number of hydrogen-bond acceptors (Lipinski definition) is 6. The summed E-state index contributed by atoms with van der Waals surface area (Å²) in [6.07, 6.45) is 0.608. The van der Waals surface area contributed by atoms with Gasteiger partial charge in [0.25, 0.3) is 0 Å². The molecule has 0 aliphatic rings. The summed E-state index contributed by atoms with van der Waals surface area (Å²) in [5.74, 6) is -0.722. The number of rotatable bonds is 8. The Hall–Kier alpha value is -2.66. The van der Waals surface area contributed by atoms with Gasteiger partial charge in [-0.3, -0.25) is 10.1 Å². The molecule has 0 aliphatic heterocycles. The molecule has 0 saturated heterocycles. The van der Waals surface area contributed by atoms with Crippen molar-refractivity contribution in [1.29, 1.82) is 0 Å². The van der Waals surface area contributed by atoms with Gasteiger partial charge in [-0.25, -0.2) is 8.42 Å². The van der Waals surface area contributed by atoms with Gasteiger partial charge in [0.05, 0.1) is 4.90 Å². The maximum Gasteiger partial charge on any atom is 0.244 e. The highest BCUT2D eigenvalue weighted by Crippen LogP contribution is 2.28. The van der Waals surface area contributed by atoms with E-state index < -0.39 is 22.0 Å². The van der Waals surface area contributed by atoms with E-state index in [9.17, 15) is 13.2 Å². The lowest BCUT2D eigenvalue weighted by Gasteiger charge is -2.23. The summed E-state index contributed by atoms with van der Waals surface area (Å²) < 4.78 is 30.2. The summed E-state index contributed by atoms with van der Waals surface area (Å²) in [5.41, 5.74) is 0.872. The highest BCUT2D eigenvalue weighted by atomic mass is 79.9. The Kier molecular flexibility index (Phi) is 7.42. The van der Waals surface area contributed by atoms with Crippen LogP contribution < -0.4 is 10.0 Å². The average molecular weight is 560 g/mol. The van der Waals surface area contributed by atoms with E-state index in [-0.39, 0.29) is 10.8 Å². The van der Waals surface area contributed by atoms with Crippen LogP contribution in [0.15, 0.2) is 76.1 Å². The molecule has 4 rings (SSSR count). The van der Waals surface area contributed by atoms with Gasteiger partial charge >= 0.3 is 0 Å². The molecule has 0 fully saturated rings. The fraction of sp³-hybridized carbons (Fsp3) is 0.208. The number of sulfonamides is 1. The summed E-state index contributed by atoms with van der Waals surface area (Å²) in [4.78, 5) is 13.3. The van der Waals surface area contributed by atoms with Crippen LogP contribution in [0.25, 0.3) is 21.3 Å². The third kappa shape index (κ3) is 5.35.